The van der Waals surface area contributed by atoms with Gasteiger partial charge in [-0.3, -0.25) is 10.1 Å². The Bertz CT molecular complexity index is 849. The lowest BCUT2D eigenvalue weighted by atomic mass is 10.1. The van der Waals surface area contributed by atoms with E-state index < -0.39 is 24.0 Å². The molecule has 0 spiro atoms. The van der Waals surface area contributed by atoms with E-state index in [4.69, 9.17) is 9.47 Å². The summed E-state index contributed by atoms with van der Waals surface area (Å²) in [4.78, 5) is 36.1. The summed E-state index contributed by atoms with van der Waals surface area (Å²) < 4.78 is 10.8. The molecular formula is C21H22N2O5. The van der Waals surface area contributed by atoms with Crippen LogP contribution in [-0.2, 0) is 14.3 Å². The van der Waals surface area contributed by atoms with Gasteiger partial charge in [-0.2, -0.15) is 0 Å². The number of urea groups is 1. The molecule has 0 fully saturated rings. The van der Waals surface area contributed by atoms with Crippen molar-refractivity contribution in [3.63, 3.8) is 0 Å². The Morgan fingerprint density at radius 1 is 1.04 bits per heavy atom. The molecule has 0 aliphatic rings. The Morgan fingerprint density at radius 3 is 2.39 bits per heavy atom. The number of imide groups is 1. The lowest BCUT2D eigenvalue weighted by Crippen LogP contribution is -2.41. The molecule has 0 unspecified atom stereocenters. The number of hydrogen-bond acceptors (Lipinski definition) is 5. The first-order valence-corrected chi connectivity index (χ1v) is 8.73. The van der Waals surface area contributed by atoms with Crippen LogP contribution >= 0.6 is 0 Å². The first kappa shape index (κ1) is 20.7. The smallest absolute Gasteiger partial charge is 0.331 e. The van der Waals surface area contributed by atoms with Crippen LogP contribution in [-0.4, -0.2) is 31.6 Å². The van der Waals surface area contributed by atoms with Crippen LogP contribution in [0.4, 0.5) is 4.79 Å². The van der Waals surface area contributed by atoms with Crippen LogP contribution in [0.1, 0.15) is 24.2 Å². The van der Waals surface area contributed by atoms with Crippen LogP contribution < -0.4 is 15.4 Å². The molecule has 0 aromatic heterocycles. The molecule has 28 heavy (non-hydrogen) atoms. The van der Waals surface area contributed by atoms with Gasteiger partial charge in [0.25, 0.3) is 5.91 Å². The Balaban J connectivity index is 2.16. The molecule has 0 radical (unpaired) electrons. The Kier molecular flexibility index (Phi) is 7.77. The van der Waals surface area contributed by atoms with Crippen molar-refractivity contribution in [3.05, 3.63) is 71.8 Å². The lowest BCUT2D eigenvalue weighted by Gasteiger charge is -2.16. The van der Waals surface area contributed by atoms with Gasteiger partial charge in [0, 0.05) is 24.3 Å². The van der Waals surface area contributed by atoms with Gasteiger partial charge < -0.3 is 14.8 Å². The minimum Gasteiger partial charge on any atom is -0.493 e. The van der Waals surface area contributed by atoms with Gasteiger partial charge in [0.1, 0.15) is 5.75 Å². The van der Waals surface area contributed by atoms with Gasteiger partial charge in [-0.25, -0.2) is 9.59 Å². The quantitative estimate of drug-likeness (QED) is 0.567. The summed E-state index contributed by atoms with van der Waals surface area (Å²) >= 11 is 0. The summed E-state index contributed by atoms with van der Waals surface area (Å²) in [6, 6.07) is 15.0. The SMILES string of the molecule is CCOc1ccccc1/C=C/C(=O)O[C@H](C(=O)NC(=O)NC)c1ccccc1. The van der Waals surface area contributed by atoms with Crippen molar-refractivity contribution in [3.8, 4) is 5.75 Å². The number of amides is 3. The van der Waals surface area contributed by atoms with Crippen molar-refractivity contribution in [2.75, 3.05) is 13.7 Å². The highest BCUT2D eigenvalue weighted by Gasteiger charge is 2.25. The minimum absolute atomic E-state index is 0.445. The van der Waals surface area contributed by atoms with Crippen molar-refractivity contribution in [1.82, 2.24) is 10.6 Å². The monoisotopic (exact) mass is 382 g/mol. The molecule has 7 nitrogen and oxygen atoms in total. The van der Waals surface area contributed by atoms with Crippen LogP contribution in [0.15, 0.2) is 60.7 Å². The maximum absolute atomic E-state index is 12.4. The second-order valence-electron chi connectivity index (χ2n) is 5.60. The van der Waals surface area contributed by atoms with E-state index in [-0.39, 0.29) is 0 Å². The zero-order valence-electron chi connectivity index (χ0n) is 15.7. The molecule has 0 aliphatic heterocycles. The van der Waals surface area contributed by atoms with Gasteiger partial charge >= 0.3 is 12.0 Å². The number of para-hydroxylation sites is 1. The van der Waals surface area contributed by atoms with E-state index >= 15 is 0 Å². The van der Waals surface area contributed by atoms with Gasteiger partial charge in [-0.05, 0) is 19.1 Å². The average molecular weight is 382 g/mol. The first-order valence-electron chi connectivity index (χ1n) is 8.73. The van der Waals surface area contributed by atoms with Gasteiger partial charge in [0.05, 0.1) is 6.61 Å². The standard InChI is InChI=1S/C21H22N2O5/c1-3-27-17-12-8-7-9-15(17)13-14-18(24)28-19(16-10-5-4-6-11-16)20(25)23-21(26)22-2/h4-14,19H,3H2,1-2H3,(H2,22,23,25,26)/b14-13+/t19-/m0/s1. The van der Waals surface area contributed by atoms with E-state index in [1.807, 2.05) is 19.1 Å². The highest BCUT2D eigenvalue weighted by atomic mass is 16.5. The molecule has 0 saturated heterocycles. The van der Waals surface area contributed by atoms with E-state index in [0.717, 1.165) is 0 Å². The highest BCUT2D eigenvalue weighted by Crippen LogP contribution is 2.21. The topological polar surface area (TPSA) is 93.7 Å². The van der Waals surface area contributed by atoms with Crippen LogP contribution in [0.5, 0.6) is 5.75 Å². The maximum atomic E-state index is 12.4. The number of esters is 1. The number of rotatable bonds is 7. The summed E-state index contributed by atoms with van der Waals surface area (Å²) in [7, 11) is 1.38. The van der Waals surface area contributed by atoms with Crippen molar-refractivity contribution in [2.24, 2.45) is 0 Å². The normalized spacial score (nSPS) is 11.5. The molecule has 3 amide bonds. The van der Waals surface area contributed by atoms with Gasteiger partial charge in [0.2, 0.25) is 6.10 Å². The van der Waals surface area contributed by atoms with E-state index in [0.29, 0.717) is 23.5 Å². The summed E-state index contributed by atoms with van der Waals surface area (Å²) in [6.07, 6.45) is 1.49. The molecule has 0 bridgehead atoms. The van der Waals surface area contributed by atoms with Crippen molar-refractivity contribution in [2.45, 2.75) is 13.0 Å². The van der Waals surface area contributed by atoms with Crippen LogP contribution in [0.3, 0.4) is 0 Å². The first-order chi connectivity index (χ1) is 13.5. The van der Waals surface area contributed by atoms with E-state index in [9.17, 15) is 14.4 Å². The van der Waals surface area contributed by atoms with Crippen molar-refractivity contribution < 1.29 is 23.9 Å². The fourth-order valence-corrected chi connectivity index (χ4v) is 2.36. The number of hydrogen-bond donors (Lipinski definition) is 2. The van der Waals surface area contributed by atoms with Crippen molar-refractivity contribution in [1.29, 1.82) is 0 Å². The number of nitrogens with one attached hydrogen (secondary N) is 2. The summed E-state index contributed by atoms with van der Waals surface area (Å²) in [6.45, 7) is 2.36. The van der Waals surface area contributed by atoms with E-state index in [1.54, 1.807) is 48.5 Å². The molecule has 0 aliphatic carbocycles. The minimum atomic E-state index is -1.27. The Hall–Kier alpha value is -3.61. The molecule has 2 rings (SSSR count). The van der Waals surface area contributed by atoms with Gasteiger partial charge in [0.15, 0.2) is 0 Å². The summed E-state index contributed by atoms with van der Waals surface area (Å²) in [5.41, 5.74) is 1.15. The summed E-state index contributed by atoms with van der Waals surface area (Å²) in [5.74, 6) is -0.847. The molecule has 0 saturated carbocycles. The molecular weight excluding hydrogens is 360 g/mol. The zero-order chi connectivity index (χ0) is 20.4. The third-order valence-electron chi connectivity index (χ3n) is 3.66. The molecule has 146 valence electrons. The van der Waals surface area contributed by atoms with Gasteiger partial charge in [-0.15, -0.1) is 0 Å². The van der Waals surface area contributed by atoms with Gasteiger partial charge in [-0.1, -0.05) is 48.5 Å². The zero-order valence-corrected chi connectivity index (χ0v) is 15.7. The molecule has 2 N–H and O–H groups in total. The van der Waals surface area contributed by atoms with E-state index in [1.165, 1.54) is 13.1 Å². The molecule has 2 aromatic rings. The van der Waals surface area contributed by atoms with Crippen molar-refractivity contribution >= 4 is 24.0 Å². The molecule has 7 heteroatoms. The third-order valence-corrected chi connectivity index (χ3v) is 3.66. The van der Waals surface area contributed by atoms with E-state index in [2.05, 4.69) is 10.6 Å². The Labute approximate surface area is 163 Å². The second-order valence-corrected chi connectivity index (χ2v) is 5.60. The van der Waals surface area contributed by atoms with Crippen LogP contribution in [0, 0.1) is 0 Å². The average Bonchev–Trinajstić information content (AvgIpc) is 2.72. The molecule has 1 atom stereocenters. The Morgan fingerprint density at radius 2 is 1.71 bits per heavy atom. The van der Waals surface area contributed by atoms with Crippen LogP contribution in [0.25, 0.3) is 6.08 Å². The molecule has 0 heterocycles. The molecule has 2 aromatic carbocycles. The predicted molar refractivity (Wildman–Crippen MR) is 105 cm³/mol. The van der Waals surface area contributed by atoms with Crippen LogP contribution in [0.2, 0.25) is 0 Å². The summed E-state index contributed by atoms with van der Waals surface area (Å²) in [5, 5.41) is 4.40. The number of carbonyl (C=O) groups excluding carboxylic acids is 3. The fourth-order valence-electron chi connectivity index (χ4n) is 2.36. The number of ether oxygens (including phenoxy) is 2. The lowest BCUT2D eigenvalue weighted by molar-refractivity contribution is -0.151. The third kappa shape index (κ3) is 5.98. The highest BCUT2D eigenvalue weighted by molar-refractivity contribution is 5.98. The fraction of sp³-hybridized carbons (Fsp3) is 0.190. The number of benzene rings is 2. The predicted octanol–water partition coefficient (Wildman–Crippen LogP) is 2.84. The second kappa shape index (κ2) is 10.5. The maximum Gasteiger partial charge on any atom is 0.331 e. The number of carbonyl (C=O) groups is 3. The largest absolute Gasteiger partial charge is 0.493 e.